The fourth-order valence-corrected chi connectivity index (χ4v) is 6.07. The number of para-hydroxylation sites is 1. The van der Waals surface area contributed by atoms with E-state index in [1.165, 1.54) is 4.31 Å². The molecule has 2 aliphatic rings. The highest BCUT2D eigenvalue weighted by atomic mass is 32.2. The van der Waals surface area contributed by atoms with Crippen LogP contribution in [-0.4, -0.2) is 35.6 Å². The van der Waals surface area contributed by atoms with E-state index in [4.69, 9.17) is 4.98 Å². The van der Waals surface area contributed by atoms with Crippen molar-refractivity contribution in [3.05, 3.63) is 95.7 Å². The SMILES string of the molecule is CN1C(=O)Cc2cnc(Nc3ccc(S(=O)(=O)N4Cc5ccccc5C4)cc3)nc2-c2ccccc21. The molecule has 0 radical (unpaired) electrons. The van der Waals surface area contributed by atoms with Crippen molar-refractivity contribution in [3.63, 3.8) is 0 Å². The standard InChI is InChI=1S/C27H23N5O3S/c1-31-24-9-5-4-8-23(24)26-20(14-25(31)33)15-28-27(30-26)29-21-10-12-22(13-11-21)36(34,35)32-16-18-6-2-3-7-19(18)17-32/h2-13,15H,14,16-17H2,1H3,(H,28,29,30). The number of benzene rings is 3. The summed E-state index contributed by atoms with van der Waals surface area (Å²) >= 11 is 0. The molecule has 1 amide bonds. The van der Waals surface area contributed by atoms with Crippen molar-refractivity contribution in [2.45, 2.75) is 24.4 Å². The molecule has 180 valence electrons. The zero-order valence-electron chi connectivity index (χ0n) is 19.5. The van der Waals surface area contributed by atoms with Gasteiger partial charge in [0, 0.05) is 43.1 Å². The highest BCUT2D eigenvalue weighted by molar-refractivity contribution is 7.89. The molecule has 0 atom stereocenters. The number of nitrogens with one attached hydrogen (secondary N) is 1. The first-order valence-corrected chi connectivity index (χ1v) is 13.0. The number of carbonyl (C=O) groups is 1. The van der Waals surface area contributed by atoms with Gasteiger partial charge in [-0.3, -0.25) is 4.79 Å². The average Bonchev–Trinajstić information content (AvgIpc) is 3.31. The average molecular weight is 498 g/mol. The van der Waals surface area contributed by atoms with Gasteiger partial charge in [0.2, 0.25) is 21.9 Å². The van der Waals surface area contributed by atoms with Crippen LogP contribution < -0.4 is 10.2 Å². The van der Waals surface area contributed by atoms with E-state index in [1.807, 2.05) is 48.5 Å². The minimum Gasteiger partial charge on any atom is -0.324 e. The molecule has 3 aromatic carbocycles. The van der Waals surface area contributed by atoms with Crippen LogP contribution in [0.4, 0.5) is 17.3 Å². The van der Waals surface area contributed by atoms with Crippen molar-refractivity contribution in [2.24, 2.45) is 0 Å². The summed E-state index contributed by atoms with van der Waals surface area (Å²) in [5.41, 5.74) is 5.85. The largest absolute Gasteiger partial charge is 0.324 e. The second-order valence-corrected chi connectivity index (χ2v) is 10.8. The highest BCUT2D eigenvalue weighted by Gasteiger charge is 2.30. The van der Waals surface area contributed by atoms with Crippen molar-refractivity contribution in [1.82, 2.24) is 14.3 Å². The molecule has 0 saturated carbocycles. The number of nitrogens with zero attached hydrogens (tertiary/aromatic N) is 4. The Morgan fingerprint density at radius 3 is 2.25 bits per heavy atom. The van der Waals surface area contributed by atoms with E-state index in [2.05, 4.69) is 10.3 Å². The molecule has 0 spiro atoms. The Hall–Kier alpha value is -4.08. The third-order valence-corrected chi connectivity index (χ3v) is 8.47. The van der Waals surface area contributed by atoms with Crippen LogP contribution in [0.25, 0.3) is 11.3 Å². The van der Waals surface area contributed by atoms with Crippen molar-refractivity contribution in [1.29, 1.82) is 0 Å². The molecule has 1 aromatic heterocycles. The number of sulfonamides is 1. The van der Waals surface area contributed by atoms with Crippen LogP contribution in [0.1, 0.15) is 16.7 Å². The Kier molecular flexibility index (Phi) is 5.31. The summed E-state index contributed by atoms with van der Waals surface area (Å²) in [5.74, 6) is 0.342. The molecule has 8 nitrogen and oxygen atoms in total. The van der Waals surface area contributed by atoms with Gasteiger partial charge in [0.1, 0.15) is 0 Å². The van der Waals surface area contributed by atoms with Crippen LogP contribution >= 0.6 is 0 Å². The molecule has 4 aromatic rings. The first-order chi connectivity index (χ1) is 17.4. The molecule has 0 aliphatic carbocycles. The quantitative estimate of drug-likeness (QED) is 0.456. The normalized spacial score (nSPS) is 15.1. The molecular formula is C27H23N5O3S. The summed E-state index contributed by atoms with van der Waals surface area (Å²) in [5, 5.41) is 3.16. The van der Waals surface area contributed by atoms with Crippen LogP contribution in [0, 0.1) is 0 Å². The second kappa shape index (κ2) is 8.54. The topological polar surface area (TPSA) is 95.5 Å². The summed E-state index contributed by atoms with van der Waals surface area (Å²) in [6, 6.07) is 22.0. The zero-order chi connectivity index (χ0) is 24.9. The number of aromatic nitrogens is 2. The maximum Gasteiger partial charge on any atom is 0.243 e. The molecule has 6 rings (SSSR count). The number of anilines is 3. The number of hydrogen-bond donors (Lipinski definition) is 1. The minimum atomic E-state index is -3.62. The predicted molar refractivity (Wildman–Crippen MR) is 137 cm³/mol. The molecule has 0 saturated heterocycles. The summed E-state index contributed by atoms with van der Waals surface area (Å²) in [4.78, 5) is 23.6. The summed E-state index contributed by atoms with van der Waals surface area (Å²) in [6.45, 7) is 0.751. The van der Waals surface area contributed by atoms with Gasteiger partial charge in [0.25, 0.3) is 0 Å². The minimum absolute atomic E-state index is 0.0246. The molecule has 0 unspecified atom stereocenters. The number of carbonyl (C=O) groups excluding carboxylic acids is 1. The van der Waals surface area contributed by atoms with E-state index in [0.29, 0.717) is 30.4 Å². The summed E-state index contributed by atoms with van der Waals surface area (Å²) < 4.78 is 27.9. The summed E-state index contributed by atoms with van der Waals surface area (Å²) in [6.07, 6.45) is 1.89. The van der Waals surface area contributed by atoms with Crippen molar-refractivity contribution >= 4 is 33.3 Å². The van der Waals surface area contributed by atoms with Gasteiger partial charge in [-0.05, 0) is 41.5 Å². The van der Waals surface area contributed by atoms with Crippen LogP contribution in [0.15, 0.2) is 83.9 Å². The molecule has 3 heterocycles. The number of amides is 1. The first-order valence-electron chi connectivity index (χ1n) is 11.6. The Morgan fingerprint density at radius 1 is 0.861 bits per heavy atom. The van der Waals surface area contributed by atoms with E-state index in [1.54, 1.807) is 42.4 Å². The lowest BCUT2D eigenvalue weighted by atomic mass is 10.1. The number of rotatable bonds is 4. The Bertz CT molecular complexity index is 1580. The monoisotopic (exact) mass is 497 g/mol. The van der Waals surface area contributed by atoms with Gasteiger partial charge in [-0.25, -0.2) is 18.4 Å². The molecular weight excluding hydrogens is 474 g/mol. The number of fused-ring (bicyclic) bond motifs is 4. The van der Waals surface area contributed by atoms with Crippen LogP contribution in [0.5, 0.6) is 0 Å². The smallest absolute Gasteiger partial charge is 0.243 e. The van der Waals surface area contributed by atoms with Gasteiger partial charge in [-0.2, -0.15) is 4.31 Å². The maximum absolute atomic E-state index is 13.2. The zero-order valence-corrected chi connectivity index (χ0v) is 20.4. The second-order valence-electron chi connectivity index (χ2n) is 8.91. The molecule has 2 aliphatic heterocycles. The van der Waals surface area contributed by atoms with E-state index in [9.17, 15) is 13.2 Å². The van der Waals surface area contributed by atoms with E-state index < -0.39 is 10.0 Å². The number of hydrogen-bond acceptors (Lipinski definition) is 6. The third kappa shape index (κ3) is 3.82. The fourth-order valence-electron chi connectivity index (χ4n) is 4.67. The van der Waals surface area contributed by atoms with E-state index >= 15 is 0 Å². The van der Waals surface area contributed by atoms with Crippen LogP contribution in [0.3, 0.4) is 0 Å². The Balaban J connectivity index is 1.25. The van der Waals surface area contributed by atoms with Gasteiger partial charge in [-0.1, -0.05) is 42.5 Å². The first kappa shape index (κ1) is 22.4. The highest BCUT2D eigenvalue weighted by Crippen LogP contribution is 2.35. The summed E-state index contributed by atoms with van der Waals surface area (Å²) in [7, 11) is -1.86. The fraction of sp³-hybridized carbons (Fsp3) is 0.148. The van der Waals surface area contributed by atoms with Gasteiger partial charge in [-0.15, -0.1) is 0 Å². The van der Waals surface area contributed by atoms with Gasteiger partial charge < -0.3 is 10.2 Å². The molecule has 9 heteroatoms. The van der Waals surface area contributed by atoms with Gasteiger partial charge in [0.15, 0.2) is 0 Å². The molecule has 36 heavy (non-hydrogen) atoms. The Morgan fingerprint density at radius 2 is 1.53 bits per heavy atom. The van der Waals surface area contributed by atoms with E-state index in [0.717, 1.165) is 27.9 Å². The van der Waals surface area contributed by atoms with Crippen molar-refractivity contribution in [3.8, 4) is 11.3 Å². The lowest BCUT2D eigenvalue weighted by Crippen LogP contribution is -2.26. The molecule has 1 N–H and O–H groups in total. The lowest BCUT2D eigenvalue weighted by molar-refractivity contribution is -0.117. The van der Waals surface area contributed by atoms with Crippen molar-refractivity contribution in [2.75, 3.05) is 17.3 Å². The predicted octanol–water partition coefficient (Wildman–Crippen LogP) is 4.11. The molecule has 0 fully saturated rings. The lowest BCUT2D eigenvalue weighted by Gasteiger charge is -2.17. The van der Waals surface area contributed by atoms with Crippen molar-refractivity contribution < 1.29 is 13.2 Å². The maximum atomic E-state index is 13.2. The van der Waals surface area contributed by atoms with E-state index in [-0.39, 0.29) is 17.2 Å². The Labute approximate surface area is 209 Å². The van der Waals surface area contributed by atoms with Crippen LogP contribution in [-0.2, 0) is 34.3 Å². The van der Waals surface area contributed by atoms with Gasteiger partial charge in [0.05, 0.1) is 22.7 Å². The van der Waals surface area contributed by atoms with Gasteiger partial charge >= 0.3 is 0 Å². The third-order valence-electron chi connectivity index (χ3n) is 6.66. The van der Waals surface area contributed by atoms with Crippen LogP contribution in [0.2, 0.25) is 0 Å². The molecule has 0 bridgehead atoms. The number of likely N-dealkylation sites (N-methyl/N-ethyl adjacent to an activating group) is 1.